The summed E-state index contributed by atoms with van der Waals surface area (Å²) in [5.74, 6) is 2.02. The van der Waals surface area contributed by atoms with Gasteiger partial charge in [-0.05, 0) is 37.0 Å². The van der Waals surface area contributed by atoms with Gasteiger partial charge in [-0.1, -0.05) is 12.8 Å². The Kier molecular flexibility index (Phi) is 6.25. The average molecular weight is 363 g/mol. The van der Waals surface area contributed by atoms with Gasteiger partial charge in [0.1, 0.15) is 0 Å². The molecule has 2 fully saturated rings. The minimum absolute atomic E-state index is 0.207. The van der Waals surface area contributed by atoms with Gasteiger partial charge in [-0.2, -0.15) is 0 Å². The quantitative estimate of drug-likeness (QED) is 0.778. The van der Waals surface area contributed by atoms with Crippen LogP contribution in [0.1, 0.15) is 37.7 Å². The molecule has 1 aliphatic heterocycles. The van der Waals surface area contributed by atoms with Crippen LogP contribution < -0.4 is 14.2 Å². The number of ether oxygens (including phenoxy) is 4. The van der Waals surface area contributed by atoms with Crippen LogP contribution in [0, 0.1) is 0 Å². The second-order valence-corrected chi connectivity index (χ2v) is 6.88. The monoisotopic (exact) mass is 363 g/mol. The number of methoxy groups -OCH3 is 3. The molecular formula is C20H29NO5. The van der Waals surface area contributed by atoms with E-state index in [-0.39, 0.29) is 18.1 Å². The van der Waals surface area contributed by atoms with E-state index in [9.17, 15) is 4.79 Å². The van der Waals surface area contributed by atoms with E-state index < -0.39 is 0 Å². The Morgan fingerprint density at radius 3 is 2.46 bits per heavy atom. The summed E-state index contributed by atoms with van der Waals surface area (Å²) < 4.78 is 22.0. The fourth-order valence-corrected chi connectivity index (χ4v) is 4.08. The van der Waals surface area contributed by atoms with E-state index in [1.54, 1.807) is 21.3 Å². The number of carbonyl (C=O) groups excluding carboxylic acids is 1. The highest BCUT2D eigenvalue weighted by Gasteiger charge is 2.36. The number of amides is 1. The molecule has 0 N–H and O–H groups in total. The van der Waals surface area contributed by atoms with Gasteiger partial charge in [-0.3, -0.25) is 4.79 Å². The molecule has 0 bridgehead atoms. The van der Waals surface area contributed by atoms with Crippen molar-refractivity contribution in [3.63, 3.8) is 0 Å². The Bertz CT molecular complexity index is 606. The number of rotatable bonds is 6. The van der Waals surface area contributed by atoms with Crippen LogP contribution in [0.15, 0.2) is 12.1 Å². The van der Waals surface area contributed by atoms with Gasteiger partial charge in [0.2, 0.25) is 11.7 Å². The molecule has 1 saturated carbocycles. The third kappa shape index (κ3) is 3.90. The van der Waals surface area contributed by atoms with E-state index in [0.29, 0.717) is 43.2 Å². The molecule has 6 nitrogen and oxygen atoms in total. The van der Waals surface area contributed by atoms with Crippen molar-refractivity contribution < 1.29 is 23.7 Å². The first-order valence-corrected chi connectivity index (χ1v) is 9.38. The Morgan fingerprint density at radius 1 is 1.12 bits per heavy atom. The molecule has 1 heterocycles. The number of hydrogen-bond acceptors (Lipinski definition) is 5. The van der Waals surface area contributed by atoms with Crippen molar-refractivity contribution in [1.29, 1.82) is 0 Å². The van der Waals surface area contributed by atoms with Gasteiger partial charge in [-0.15, -0.1) is 0 Å². The van der Waals surface area contributed by atoms with Gasteiger partial charge >= 0.3 is 0 Å². The predicted molar refractivity (Wildman–Crippen MR) is 98.1 cm³/mol. The molecule has 1 aromatic carbocycles. The zero-order valence-corrected chi connectivity index (χ0v) is 16.0. The van der Waals surface area contributed by atoms with Gasteiger partial charge in [0.25, 0.3) is 0 Å². The number of hydrogen-bond donors (Lipinski definition) is 0. The first kappa shape index (κ1) is 18.8. The van der Waals surface area contributed by atoms with Crippen LogP contribution in [0.2, 0.25) is 0 Å². The minimum atomic E-state index is 0.207. The summed E-state index contributed by atoms with van der Waals surface area (Å²) in [6.45, 7) is 1.35. The number of benzene rings is 1. The highest BCUT2D eigenvalue weighted by atomic mass is 16.5. The summed E-state index contributed by atoms with van der Waals surface area (Å²) in [6.07, 6.45) is 5.85. The van der Waals surface area contributed by atoms with E-state index >= 15 is 0 Å². The molecule has 144 valence electrons. The molecule has 0 radical (unpaired) electrons. The summed E-state index contributed by atoms with van der Waals surface area (Å²) in [6, 6.07) is 4.08. The maximum atomic E-state index is 12.8. The number of fused-ring (bicyclic) bond motifs is 1. The number of morpholine rings is 1. The molecule has 26 heavy (non-hydrogen) atoms. The maximum absolute atomic E-state index is 12.8. The van der Waals surface area contributed by atoms with Crippen molar-refractivity contribution in [1.82, 2.24) is 4.90 Å². The molecule has 2 atom stereocenters. The van der Waals surface area contributed by atoms with Crippen LogP contribution in [-0.4, -0.2) is 57.4 Å². The molecular weight excluding hydrogens is 334 g/mol. The maximum Gasteiger partial charge on any atom is 0.223 e. The third-order valence-corrected chi connectivity index (χ3v) is 5.40. The molecule has 0 spiro atoms. The second-order valence-electron chi connectivity index (χ2n) is 6.88. The van der Waals surface area contributed by atoms with Crippen molar-refractivity contribution in [3.05, 3.63) is 17.7 Å². The predicted octanol–water partition coefficient (Wildman–Crippen LogP) is 2.82. The topological polar surface area (TPSA) is 57.2 Å². The van der Waals surface area contributed by atoms with Crippen LogP contribution in [0.25, 0.3) is 0 Å². The molecule has 2 unspecified atom stereocenters. The van der Waals surface area contributed by atoms with E-state index in [0.717, 1.165) is 18.4 Å². The number of nitrogens with zero attached hydrogens (tertiary/aromatic N) is 1. The number of aryl methyl sites for hydroxylation is 1. The van der Waals surface area contributed by atoms with Gasteiger partial charge in [-0.25, -0.2) is 0 Å². The van der Waals surface area contributed by atoms with Crippen molar-refractivity contribution in [2.45, 2.75) is 50.7 Å². The molecule has 1 amide bonds. The molecule has 1 aromatic rings. The Balaban J connectivity index is 1.67. The van der Waals surface area contributed by atoms with Gasteiger partial charge < -0.3 is 23.8 Å². The first-order valence-electron chi connectivity index (χ1n) is 9.38. The van der Waals surface area contributed by atoms with Gasteiger partial charge in [0.05, 0.1) is 40.1 Å². The van der Waals surface area contributed by atoms with E-state index in [1.807, 2.05) is 17.0 Å². The highest BCUT2D eigenvalue weighted by Crippen LogP contribution is 2.38. The summed E-state index contributed by atoms with van der Waals surface area (Å²) >= 11 is 0. The van der Waals surface area contributed by atoms with Gasteiger partial charge in [0.15, 0.2) is 11.5 Å². The normalized spacial score (nSPS) is 22.5. The Morgan fingerprint density at radius 2 is 1.81 bits per heavy atom. The first-order chi connectivity index (χ1) is 12.7. The molecule has 1 aliphatic carbocycles. The highest BCUT2D eigenvalue weighted by molar-refractivity contribution is 5.77. The lowest BCUT2D eigenvalue weighted by atomic mass is 9.90. The van der Waals surface area contributed by atoms with Crippen molar-refractivity contribution in [2.75, 3.05) is 34.5 Å². The molecule has 6 heteroatoms. The van der Waals surface area contributed by atoms with E-state index in [1.165, 1.54) is 12.8 Å². The lowest BCUT2D eigenvalue weighted by Gasteiger charge is -2.43. The van der Waals surface area contributed by atoms with Crippen molar-refractivity contribution in [2.24, 2.45) is 0 Å². The molecule has 0 aromatic heterocycles. The van der Waals surface area contributed by atoms with Crippen molar-refractivity contribution >= 4 is 5.91 Å². The summed E-state index contributed by atoms with van der Waals surface area (Å²) in [5.41, 5.74) is 1.00. The Hall–Kier alpha value is -1.95. The molecule has 3 rings (SSSR count). The van der Waals surface area contributed by atoms with Crippen molar-refractivity contribution in [3.8, 4) is 17.2 Å². The zero-order chi connectivity index (χ0) is 18.5. The lowest BCUT2D eigenvalue weighted by Crippen LogP contribution is -2.54. The van der Waals surface area contributed by atoms with E-state index in [2.05, 4.69) is 0 Å². The number of carbonyl (C=O) groups is 1. The standard InChI is InChI=1S/C20H29NO5/c1-23-17-12-14(13-18(24-2)20(17)25-3)8-9-19(22)21-10-11-26-16-7-5-4-6-15(16)21/h12-13,15-16H,4-11H2,1-3H3. The summed E-state index contributed by atoms with van der Waals surface area (Å²) in [5, 5.41) is 0. The molecule has 2 aliphatic rings. The summed E-state index contributed by atoms with van der Waals surface area (Å²) in [4.78, 5) is 14.9. The largest absolute Gasteiger partial charge is 0.493 e. The van der Waals surface area contributed by atoms with Crippen LogP contribution >= 0.6 is 0 Å². The fraction of sp³-hybridized carbons (Fsp3) is 0.650. The Labute approximate surface area is 155 Å². The zero-order valence-electron chi connectivity index (χ0n) is 16.0. The average Bonchev–Trinajstić information content (AvgIpc) is 2.70. The smallest absolute Gasteiger partial charge is 0.223 e. The second kappa shape index (κ2) is 8.62. The SMILES string of the molecule is COc1cc(CCC(=O)N2CCOC3CCCCC32)cc(OC)c1OC. The minimum Gasteiger partial charge on any atom is -0.493 e. The third-order valence-electron chi connectivity index (χ3n) is 5.40. The van der Waals surface area contributed by atoms with Crippen LogP contribution in [-0.2, 0) is 16.0 Å². The van der Waals surface area contributed by atoms with Crippen LogP contribution in [0.5, 0.6) is 17.2 Å². The van der Waals surface area contributed by atoms with Crippen LogP contribution in [0.4, 0.5) is 0 Å². The molecule has 1 saturated heterocycles. The lowest BCUT2D eigenvalue weighted by molar-refractivity contribution is -0.149. The van der Waals surface area contributed by atoms with E-state index in [4.69, 9.17) is 18.9 Å². The summed E-state index contributed by atoms with van der Waals surface area (Å²) in [7, 11) is 4.79. The van der Waals surface area contributed by atoms with Crippen LogP contribution in [0.3, 0.4) is 0 Å². The fourth-order valence-electron chi connectivity index (χ4n) is 4.08. The van der Waals surface area contributed by atoms with Gasteiger partial charge in [0, 0.05) is 13.0 Å².